The lowest BCUT2D eigenvalue weighted by atomic mass is 10.3. The van der Waals surface area contributed by atoms with Crippen molar-refractivity contribution in [3.63, 3.8) is 0 Å². The maximum atomic E-state index is 11.3. The zero-order chi connectivity index (χ0) is 12.4. The number of nitrogens with one attached hydrogen (secondary N) is 1. The van der Waals surface area contributed by atoms with Crippen molar-refractivity contribution in [2.45, 2.75) is 18.6 Å². The van der Waals surface area contributed by atoms with E-state index in [-0.39, 0.29) is 17.1 Å². The van der Waals surface area contributed by atoms with Crippen LogP contribution in [0.25, 0.3) is 0 Å². The van der Waals surface area contributed by atoms with Crippen molar-refractivity contribution >= 4 is 23.6 Å². The van der Waals surface area contributed by atoms with Crippen molar-refractivity contribution in [1.29, 1.82) is 0 Å². The number of esters is 1. The first-order valence-electron chi connectivity index (χ1n) is 5.04. The van der Waals surface area contributed by atoms with Gasteiger partial charge in [-0.3, -0.25) is 9.59 Å². The molecule has 0 bridgehead atoms. The highest BCUT2D eigenvalue weighted by Crippen LogP contribution is 2.13. The van der Waals surface area contributed by atoms with Crippen LogP contribution in [-0.4, -0.2) is 50.3 Å². The van der Waals surface area contributed by atoms with Crippen molar-refractivity contribution in [2.75, 3.05) is 33.1 Å². The van der Waals surface area contributed by atoms with Gasteiger partial charge >= 0.3 is 5.97 Å². The van der Waals surface area contributed by atoms with E-state index in [1.54, 1.807) is 7.11 Å². The number of methoxy groups -OCH3 is 2. The minimum Gasteiger partial charge on any atom is -0.469 e. The third kappa shape index (κ3) is 8.55. The van der Waals surface area contributed by atoms with Crippen molar-refractivity contribution in [1.82, 2.24) is 5.32 Å². The maximum Gasteiger partial charge on any atom is 0.306 e. The summed E-state index contributed by atoms with van der Waals surface area (Å²) in [5.41, 5.74) is 0. The molecule has 1 amide bonds. The van der Waals surface area contributed by atoms with Crippen molar-refractivity contribution in [2.24, 2.45) is 0 Å². The fourth-order valence-corrected chi connectivity index (χ4v) is 1.73. The molecule has 6 heteroatoms. The van der Waals surface area contributed by atoms with Gasteiger partial charge in [-0.05, 0) is 0 Å². The van der Waals surface area contributed by atoms with Crippen LogP contribution >= 0.6 is 11.8 Å². The van der Waals surface area contributed by atoms with Gasteiger partial charge in [0.2, 0.25) is 5.91 Å². The molecule has 0 aliphatic rings. The molecule has 0 aromatic heterocycles. The number of hydrogen-bond donors (Lipinski definition) is 1. The van der Waals surface area contributed by atoms with Crippen LogP contribution in [0, 0.1) is 0 Å². The molecule has 0 saturated heterocycles. The van der Waals surface area contributed by atoms with Gasteiger partial charge in [-0.15, -0.1) is 11.8 Å². The van der Waals surface area contributed by atoms with E-state index in [0.29, 0.717) is 25.3 Å². The first-order chi connectivity index (χ1) is 7.60. The van der Waals surface area contributed by atoms with E-state index < -0.39 is 0 Å². The van der Waals surface area contributed by atoms with Gasteiger partial charge in [-0.2, -0.15) is 0 Å². The number of carbonyl (C=O) groups is 2. The molecular weight excluding hydrogens is 230 g/mol. The van der Waals surface area contributed by atoms with Crippen LogP contribution in [0.1, 0.15) is 13.3 Å². The van der Waals surface area contributed by atoms with Gasteiger partial charge in [0.05, 0.1) is 25.9 Å². The van der Waals surface area contributed by atoms with E-state index in [1.807, 2.05) is 6.92 Å². The van der Waals surface area contributed by atoms with Crippen LogP contribution in [0.3, 0.4) is 0 Å². The number of carbonyl (C=O) groups excluding carboxylic acids is 2. The Morgan fingerprint density at radius 2 is 2.06 bits per heavy atom. The number of hydrogen-bond acceptors (Lipinski definition) is 5. The van der Waals surface area contributed by atoms with Gasteiger partial charge < -0.3 is 14.8 Å². The number of amides is 1. The first-order valence-corrected chi connectivity index (χ1v) is 6.09. The molecule has 5 nitrogen and oxygen atoms in total. The lowest BCUT2D eigenvalue weighted by Crippen LogP contribution is -2.29. The first kappa shape index (κ1) is 15.2. The minimum atomic E-state index is -0.250. The van der Waals surface area contributed by atoms with Crippen LogP contribution in [-0.2, 0) is 19.1 Å². The quantitative estimate of drug-likeness (QED) is 0.499. The smallest absolute Gasteiger partial charge is 0.306 e. The summed E-state index contributed by atoms with van der Waals surface area (Å²) in [5.74, 6) is 0.0561. The highest BCUT2D eigenvalue weighted by Gasteiger charge is 2.11. The molecule has 1 N–H and O–H groups in total. The van der Waals surface area contributed by atoms with Crippen molar-refractivity contribution < 1.29 is 19.1 Å². The minimum absolute atomic E-state index is 0.0428. The fourth-order valence-electron chi connectivity index (χ4n) is 0.938. The van der Waals surface area contributed by atoms with Gasteiger partial charge in [0.25, 0.3) is 0 Å². The van der Waals surface area contributed by atoms with E-state index in [2.05, 4.69) is 10.1 Å². The summed E-state index contributed by atoms with van der Waals surface area (Å²) in [6.45, 7) is 2.92. The van der Waals surface area contributed by atoms with Crippen LogP contribution in [0.15, 0.2) is 0 Å². The Labute approximate surface area is 100 Å². The van der Waals surface area contributed by atoms with Crippen LogP contribution in [0.5, 0.6) is 0 Å². The molecule has 0 aliphatic heterocycles. The fraction of sp³-hybridized carbons (Fsp3) is 0.800. The molecule has 0 saturated carbocycles. The number of ether oxygens (including phenoxy) is 2. The summed E-state index contributed by atoms with van der Waals surface area (Å²) in [4.78, 5) is 22.2. The van der Waals surface area contributed by atoms with E-state index in [1.165, 1.54) is 18.9 Å². The molecular formula is C10H19NO4S. The molecule has 16 heavy (non-hydrogen) atoms. The largest absolute Gasteiger partial charge is 0.469 e. The molecule has 0 radical (unpaired) electrons. The molecule has 94 valence electrons. The predicted molar refractivity (Wildman–Crippen MR) is 63.4 cm³/mol. The highest BCUT2D eigenvalue weighted by molar-refractivity contribution is 8.00. The zero-order valence-corrected chi connectivity index (χ0v) is 10.8. The maximum absolute atomic E-state index is 11.3. The molecule has 0 aromatic rings. The average Bonchev–Trinajstić information content (AvgIpc) is 2.26. The molecule has 0 rings (SSSR count). The summed E-state index contributed by atoms with van der Waals surface area (Å²) in [6, 6.07) is 0. The Morgan fingerprint density at radius 1 is 1.38 bits per heavy atom. The summed E-state index contributed by atoms with van der Waals surface area (Å²) >= 11 is 1.43. The lowest BCUT2D eigenvalue weighted by Gasteiger charge is -2.09. The highest BCUT2D eigenvalue weighted by atomic mass is 32.2. The lowest BCUT2D eigenvalue weighted by molar-refractivity contribution is -0.140. The third-order valence-corrected chi connectivity index (χ3v) is 2.97. The molecule has 0 aromatic carbocycles. The molecule has 0 heterocycles. The molecule has 1 atom stereocenters. The average molecular weight is 249 g/mol. The SMILES string of the molecule is COCCNC(=O)CSC(C)CC(=O)OC. The van der Waals surface area contributed by atoms with Crippen LogP contribution in [0.4, 0.5) is 0 Å². The van der Waals surface area contributed by atoms with Crippen LogP contribution in [0.2, 0.25) is 0 Å². The summed E-state index contributed by atoms with van der Waals surface area (Å²) in [6.07, 6.45) is 0.326. The van der Waals surface area contributed by atoms with Crippen molar-refractivity contribution in [3.05, 3.63) is 0 Å². The van der Waals surface area contributed by atoms with Gasteiger partial charge in [0.15, 0.2) is 0 Å². The Kier molecular flexibility index (Phi) is 9.03. The van der Waals surface area contributed by atoms with Gasteiger partial charge in [-0.1, -0.05) is 6.92 Å². The normalized spacial score (nSPS) is 11.9. The predicted octanol–water partition coefficient (Wildman–Crippen LogP) is 0.434. The second-order valence-corrected chi connectivity index (χ2v) is 4.67. The van der Waals surface area contributed by atoms with E-state index in [9.17, 15) is 9.59 Å². The second kappa shape index (κ2) is 9.47. The molecule has 0 spiro atoms. The van der Waals surface area contributed by atoms with Gasteiger partial charge in [0.1, 0.15) is 0 Å². The van der Waals surface area contributed by atoms with Gasteiger partial charge in [-0.25, -0.2) is 0 Å². The number of thioether (sulfide) groups is 1. The summed E-state index contributed by atoms with van der Waals surface area (Å²) < 4.78 is 9.34. The monoisotopic (exact) mass is 249 g/mol. The Hall–Kier alpha value is -0.750. The van der Waals surface area contributed by atoms with Crippen molar-refractivity contribution in [3.8, 4) is 0 Å². The standard InChI is InChI=1S/C10H19NO4S/c1-8(6-10(13)15-3)16-7-9(12)11-4-5-14-2/h8H,4-7H2,1-3H3,(H,11,12). The molecule has 1 unspecified atom stereocenters. The summed E-state index contributed by atoms with van der Waals surface area (Å²) in [5, 5.41) is 2.79. The third-order valence-electron chi connectivity index (χ3n) is 1.81. The topological polar surface area (TPSA) is 64.6 Å². The van der Waals surface area contributed by atoms with E-state index in [0.717, 1.165) is 0 Å². The van der Waals surface area contributed by atoms with E-state index in [4.69, 9.17) is 4.74 Å². The Bertz CT molecular complexity index is 223. The molecule has 0 fully saturated rings. The zero-order valence-electron chi connectivity index (χ0n) is 9.95. The van der Waals surface area contributed by atoms with Crippen LogP contribution < -0.4 is 5.32 Å². The van der Waals surface area contributed by atoms with E-state index >= 15 is 0 Å². The number of rotatable bonds is 8. The summed E-state index contributed by atoms with van der Waals surface area (Å²) in [7, 11) is 2.94. The Morgan fingerprint density at radius 3 is 2.62 bits per heavy atom. The second-order valence-electron chi connectivity index (χ2n) is 3.24. The molecule has 0 aliphatic carbocycles. The Balaban J connectivity index is 3.54. The van der Waals surface area contributed by atoms with Gasteiger partial charge in [0, 0.05) is 18.9 Å².